The van der Waals surface area contributed by atoms with E-state index in [9.17, 15) is 13.2 Å². The van der Waals surface area contributed by atoms with E-state index >= 15 is 0 Å². The number of aromatic nitrogens is 3. The van der Waals surface area contributed by atoms with Gasteiger partial charge >= 0.3 is 6.18 Å². The zero-order chi connectivity index (χ0) is 19.7. The molecular formula is C20H14F3N3OS. The molecule has 0 saturated heterocycles. The molecule has 4 rings (SSSR count). The highest BCUT2D eigenvalue weighted by Gasteiger charge is 2.36. The maximum Gasteiger partial charge on any atom is 0.433 e. The van der Waals surface area contributed by atoms with Gasteiger partial charge in [0.1, 0.15) is 5.76 Å². The molecule has 4 aromatic rings. The van der Waals surface area contributed by atoms with Gasteiger partial charge in [0.25, 0.3) is 0 Å². The first-order chi connectivity index (χ1) is 13.4. The number of hydrogen-bond donors (Lipinski definition) is 0. The minimum Gasteiger partial charge on any atom is -0.465 e. The van der Waals surface area contributed by atoms with E-state index in [1.54, 1.807) is 23.6 Å². The van der Waals surface area contributed by atoms with Crippen LogP contribution >= 0.6 is 11.3 Å². The van der Waals surface area contributed by atoms with Crippen LogP contribution in [0.15, 0.2) is 58.5 Å². The summed E-state index contributed by atoms with van der Waals surface area (Å²) >= 11 is 1.11. The second-order valence-corrected chi connectivity index (χ2v) is 6.93. The largest absolute Gasteiger partial charge is 0.465 e. The van der Waals surface area contributed by atoms with Crippen LogP contribution in [0, 0.1) is 6.92 Å². The average Bonchev–Trinajstić information content (AvgIpc) is 3.39. The van der Waals surface area contributed by atoms with Gasteiger partial charge in [-0.3, -0.25) is 0 Å². The van der Waals surface area contributed by atoms with Crippen molar-refractivity contribution in [2.75, 3.05) is 0 Å². The summed E-state index contributed by atoms with van der Waals surface area (Å²) in [5.41, 5.74) is 1.83. The van der Waals surface area contributed by atoms with Crippen LogP contribution < -0.4 is 0 Å². The lowest BCUT2D eigenvalue weighted by atomic mass is 10.1. The third kappa shape index (κ3) is 3.77. The van der Waals surface area contributed by atoms with Crippen molar-refractivity contribution >= 4 is 23.5 Å². The minimum absolute atomic E-state index is 0.153. The van der Waals surface area contributed by atoms with Crippen molar-refractivity contribution in [3.63, 3.8) is 0 Å². The number of furan rings is 1. The van der Waals surface area contributed by atoms with Gasteiger partial charge in [0.15, 0.2) is 5.69 Å². The van der Waals surface area contributed by atoms with Crippen LogP contribution in [0.3, 0.4) is 0 Å². The van der Waals surface area contributed by atoms with E-state index in [-0.39, 0.29) is 10.8 Å². The van der Waals surface area contributed by atoms with Gasteiger partial charge in [-0.15, -0.1) is 11.3 Å². The van der Waals surface area contributed by atoms with Gasteiger partial charge in [-0.05, 0) is 37.3 Å². The van der Waals surface area contributed by atoms with Crippen molar-refractivity contribution in [1.29, 1.82) is 0 Å². The topological polar surface area (TPSA) is 43.9 Å². The number of halogens is 3. The molecule has 0 unspecified atom stereocenters. The fourth-order valence-electron chi connectivity index (χ4n) is 2.60. The Bertz CT molecular complexity index is 1110. The van der Waals surface area contributed by atoms with Crippen LogP contribution in [0.25, 0.3) is 28.5 Å². The van der Waals surface area contributed by atoms with Crippen molar-refractivity contribution in [2.24, 2.45) is 0 Å². The van der Waals surface area contributed by atoms with E-state index in [1.165, 1.54) is 12.3 Å². The molecule has 0 aliphatic carbocycles. The smallest absolute Gasteiger partial charge is 0.433 e. The molecule has 1 aromatic carbocycles. The first-order valence-electron chi connectivity index (χ1n) is 8.32. The van der Waals surface area contributed by atoms with E-state index in [2.05, 4.69) is 10.1 Å². The summed E-state index contributed by atoms with van der Waals surface area (Å²) < 4.78 is 46.5. The first kappa shape index (κ1) is 18.2. The predicted molar refractivity (Wildman–Crippen MR) is 102 cm³/mol. The fraction of sp³-hybridized carbons (Fsp3) is 0.100. The normalized spacial score (nSPS) is 12.1. The fourth-order valence-corrected chi connectivity index (χ4v) is 3.40. The molecule has 3 heterocycles. The van der Waals surface area contributed by atoms with Crippen molar-refractivity contribution in [2.45, 2.75) is 13.1 Å². The highest BCUT2D eigenvalue weighted by Crippen LogP contribution is 2.33. The number of benzene rings is 1. The molecule has 0 aliphatic rings. The lowest BCUT2D eigenvalue weighted by Crippen LogP contribution is -2.13. The molecule has 0 N–H and O–H groups in total. The van der Waals surface area contributed by atoms with E-state index < -0.39 is 11.9 Å². The Morgan fingerprint density at radius 2 is 1.89 bits per heavy atom. The van der Waals surface area contributed by atoms with Gasteiger partial charge in [0.2, 0.25) is 5.13 Å². The third-order valence-electron chi connectivity index (χ3n) is 4.00. The van der Waals surface area contributed by atoms with Crippen LogP contribution in [-0.2, 0) is 6.18 Å². The highest BCUT2D eigenvalue weighted by atomic mass is 32.1. The number of thiazole rings is 1. The molecule has 0 bridgehead atoms. The summed E-state index contributed by atoms with van der Waals surface area (Å²) in [6.07, 6.45) is -0.0352. The summed E-state index contributed by atoms with van der Waals surface area (Å²) in [5, 5.41) is 5.96. The monoisotopic (exact) mass is 401 g/mol. The Balaban J connectivity index is 1.71. The molecule has 3 aromatic heterocycles. The Hall–Kier alpha value is -3.13. The van der Waals surface area contributed by atoms with Gasteiger partial charge in [-0.25, -0.2) is 9.67 Å². The van der Waals surface area contributed by atoms with Crippen molar-refractivity contribution in [1.82, 2.24) is 14.8 Å². The van der Waals surface area contributed by atoms with Crippen LogP contribution in [0.5, 0.6) is 0 Å². The van der Waals surface area contributed by atoms with Gasteiger partial charge in [0.05, 0.1) is 17.7 Å². The Morgan fingerprint density at radius 3 is 2.57 bits per heavy atom. The maximum absolute atomic E-state index is 13.5. The average molecular weight is 401 g/mol. The molecule has 8 heteroatoms. The van der Waals surface area contributed by atoms with E-state index in [4.69, 9.17) is 4.42 Å². The maximum atomic E-state index is 13.5. The Labute approximate surface area is 162 Å². The standard InChI is InChI=1S/C20H14F3N3OS/c1-13-4-6-14(7-5-13)17-12-28-19(24-17)26-18(20(21,22)23)11-15(25-26)8-9-16-3-2-10-27-16/h2-12H,1H3. The van der Waals surface area contributed by atoms with Crippen molar-refractivity contribution in [3.05, 3.63) is 76.8 Å². The Kier molecular flexibility index (Phi) is 4.64. The van der Waals surface area contributed by atoms with Crippen LogP contribution in [0.4, 0.5) is 13.2 Å². The summed E-state index contributed by atoms with van der Waals surface area (Å²) in [5.74, 6) is 0.527. The van der Waals surface area contributed by atoms with Gasteiger partial charge in [0, 0.05) is 10.9 Å². The molecule has 0 fully saturated rings. The van der Waals surface area contributed by atoms with Crippen LogP contribution in [-0.4, -0.2) is 14.8 Å². The number of alkyl halides is 3. The van der Waals surface area contributed by atoms with Gasteiger partial charge in [-0.2, -0.15) is 18.3 Å². The predicted octanol–water partition coefficient (Wildman–Crippen LogP) is 6.09. The van der Waals surface area contributed by atoms with Crippen LogP contribution in [0.2, 0.25) is 0 Å². The molecule has 4 nitrogen and oxygen atoms in total. The van der Waals surface area contributed by atoms with Crippen molar-refractivity contribution < 1.29 is 17.6 Å². The zero-order valence-electron chi connectivity index (χ0n) is 14.6. The number of hydrogen-bond acceptors (Lipinski definition) is 4. The molecule has 0 radical (unpaired) electrons. The quantitative estimate of drug-likeness (QED) is 0.416. The third-order valence-corrected chi connectivity index (χ3v) is 4.82. The lowest BCUT2D eigenvalue weighted by molar-refractivity contribution is -0.142. The zero-order valence-corrected chi connectivity index (χ0v) is 15.5. The van der Waals surface area contributed by atoms with E-state index in [1.807, 2.05) is 31.2 Å². The van der Waals surface area contributed by atoms with Crippen LogP contribution in [0.1, 0.15) is 22.7 Å². The summed E-state index contributed by atoms with van der Waals surface area (Å²) in [6, 6.07) is 12.0. The molecule has 0 aliphatic heterocycles. The molecule has 28 heavy (non-hydrogen) atoms. The SMILES string of the molecule is Cc1ccc(-c2csc(-n3nc(C=Cc4ccco4)cc3C(F)(F)F)n2)cc1. The minimum atomic E-state index is -4.56. The second-order valence-electron chi connectivity index (χ2n) is 6.09. The Morgan fingerprint density at radius 1 is 1.11 bits per heavy atom. The summed E-state index contributed by atoms with van der Waals surface area (Å²) in [7, 11) is 0. The summed E-state index contributed by atoms with van der Waals surface area (Å²) in [6.45, 7) is 1.97. The molecule has 0 saturated carbocycles. The first-order valence-corrected chi connectivity index (χ1v) is 9.20. The van der Waals surface area contributed by atoms with Gasteiger partial charge < -0.3 is 4.42 Å². The molecular weight excluding hydrogens is 387 g/mol. The highest BCUT2D eigenvalue weighted by molar-refractivity contribution is 7.12. The summed E-state index contributed by atoms with van der Waals surface area (Å²) in [4.78, 5) is 4.35. The second kappa shape index (κ2) is 7.12. The van der Waals surface area contributed by atoms with Gasteiger partial charge in [-0.1, -0.05) is 29.8 Å². The number of rotatable bonds is 4. The molecule has 142 valence electrons. The lowest BCUT2D eigenvalue weighted by Gasteiger charge is -2.07. The number of nitrogens with zero attached hydrogens (tertiary/aromatic N) is 3. The number of aryl methyl sites for hydroxylation is 1. The molecule has 0 atom stereocenters. The van der Waals surface area contributed by atoms with E-state index in [0.29, 0.717) is 11.5 Å². The van der Waals surface area contributed by atoms with Crippen molar-refractivity contribution in [3.8, 4) is 16.4 Å². The molecule has 0 amide bonds. The van der Waals surface area contributed by atoms with E-state index in [0.717, 1.165) is 33.2 Å². The molecule has 0 spiro atoms.